The molecule has 0 bridgehead atoms. The van der Waals surface area contributed by atoms with Crippen molar-refractivity contribution in [2.24, 2.45) is 5.73 Å². The molecule has 2 aromatic rings. The van der Waals surface area contributed by atoms with Crippen LogP contribution >= 0.6 is 0 Å². The van der Waals surface area contributed by atoms with E-state index in [-0.39, 0.29) is 10.9 Å². The molecule has 0 saturated heterocycles. The van der Waals surface area contributed by atoms with Gasteiger partial charge in [-0.1, -0.05) is 12.1 Å². The zero-order valence-corrected chi connectivity index (χ0v) is 14.1. The fourth-order valence-electron chi connectivity index (χ4n) is 2.01. The van der Waals surface area contributed by atoms with E-state index >= 15 is 0 Å². The SMILES string of the molecule is Cc1cccc(Oc2ccc(S(=O)(=O)NCCC(C)N)cc2)c1. The fraction of sp³-hybridized carbons (Fsp3) is 0.294. The zero-order valence-electron chi connectivity index (χ0n) is 13.3. The quantitative estimate of drug-likeness (QED) is 0.816. The van der Waals surface area contributed by atoms with Crippen LogP contribution in [0.2, 0.25) is 0 Å². The molecule has 0 aliphatic heterocycles. The van der Waals surface area contributed by atoms with E-state index in [1.54, 1.807) is 12.1 Å². The smallest absolute Gasteiger partial charge is 0.240 e. The molecule has 124 valence electrons. The molecule has 2 rings (SSSR count). The van der Waals surface area contributed by atoms with E-state index in [0.717, 1.165) is 11.3 Å². The number of hydrogen-bond acceptors (Lipinski definition) is 4. The summed E-state index contributed by atoms with van der Waals surface area (Å²) in [6.07, 6.45) is 0.591. The first-order valence-corrected chi connectivity index (χ1v) is 8.95. The summed E-state index contributed by atoms with van der Waals surface area (Å²) >= 11 is 0. The molecule has 0 aromatic heterocycles. The van der Waals surface area contributed by atoms with Crippen molar-refractivity contribution >= 4 is 10.0 Å². The van der Waals surface area contributed by atoms with Crippen LogP contribution in [0.4, 0.5) is 0 Å². The third-order valence-corrected chi connectivity index (χ3v) is 4.73. The molecule has 1 unspecified atom stereocenters. The summed E-state index contributed by atoms with van der Waals surface area (Å²) in [5.41, 5.74) is 6.71. The summed E-state index contributed by atoms with van der Waals surface area (Å²) in [5.74, 6) is 1.31. The van der Waals surface area contributed by atoms with Crippen LogP contribution in [0.3, 0.4) is 0 Å². The second kappa shape index (κ2) is 7.59. The number of ether oxygens (including phenoxy) is 1. The molecular weight excluding hydrogens is 312 g/mol. The normalized spacial score (nSPS) is 12.8. The van der Waals surface area contributed by atoms with Gasteiger partial charge in [0, 0.05) is 12.6 Å². The maximum absolute atomic E-state index is 12.1. The largest absolute Gasteiger partial charge is 0.457 e. The fourth-order valence-corrected chi connectivity index (χ4v) is 3.05. The van der Waals surface area contributed by atoms with Gasteiger partial charge in [0.1, 0.15) is 11.5 Å². The highest BCUT2D eigenvalue weighted by atomic mass is 32.2. The maximum atomic E-state index is 12.1. The van der Waals surface area contributed by atoms with Gasteiger partial charge in [-0.05, 0) is 62.2 Å². The molecule has 0 spiro atoms. The number of nitrogens with one attached hydrogen (secondary N) is 1. The van der Waals surface area contributed by atoms with Crippen LogP contribution in [-0.4, -0.2) is 21.0 Å². The number of aryl methyl sites for hydroxylation is 1. The Kier molecular flexibility index (Phi) is 5.76. The van der Waals surface area contributed by atoms with Gasteiger partial charge in [0.05, 0.1) is 4.90 Å². The Labute approximate surface area is 137 Å². The van der Waals surface area contributed by atoms with Gasteiger partial charge in [0.15, 0.2) is 0 Å². The van der Waals surface area contributed by atoms with Gasteiger partial charge in [-0.2, -0.15) is 0 Å². The molecule has 0 saturated carbocycles. The molecule has 6 heteroatoms. The highest BCUT2D eigenvalue weighted by Crippen LogP contribution is 2.23. The first-order valence-electron chi connectivity index (χ1n) is 7.47. The lowest BCUT2D eigenvalue weighted by molar-refractivity contribution is 0.481. The monoisotopic (exact) mass is 334 g/mol. The minimum absolute atomic E-state index is 0.0391. The van der Waals surface area contributed by atoms with Crippen LogP contribution in [0.5, 0.6) is 11.5 Å². The van der Waals surface area contributed by atoms with E-state index < -0.39 is 10.0 Å². The number of sulfonamides is 1. The third kappa shape index (κ3) is 5.35. The summed E-state index contributed by atoms with van der Waals surface area (Å²) in [6.45, 7) is 4.14. The van der Waals surface area contributed by atoms with E-state index in [2.05, 4.69) is 4.72 Å². The minimum Gasteiger partial charge on any atom is -0.457 e. The summed E-state index contributed by atoms with van der Waals surface area (Å²) in [7, 11) is -3.51. The minimum atomic E-state index is -3.51. The summed E-state index contributed by atoms with van der Waals surface area (Å²) in [6, 6.07) is 14.0. The average molecular weight is 334 g/mol. The molecule has 5 nitrogen and oxygen atoms in total. The van der Waals surface area contributed by atoms with Crippen molar-refractivity contribution in [3.05, 3.63) is 54.1 Å². The van der Waals surface area contributed by atoms with Crippen molar-refractivity contribution in [2.75, 3.05) is 6.54 Å². The molecule has 0 radical (unpaired) electrons. The topological polar surface area (TPSA) is 81.4 Å². The second-order valence-electron chi connectivity index (χ2n) is 5.55. The number of rotatable bonds is 7. The lowest BCUT2D eigenvalue weighted by Gasteiger charge is -2.10. The van der Waals surface area contributed by atoms with E-state index in [1.807, 2.05) is 38.1 Å². The van der Waals surface area contributed by atoms with Gasteiger partial charge < -0.3 is 10.5 Å². The molecule has 0 heterocycles. The predicted octanol–water partition coefficient (Wildman–Crippen LogP) is 2.80. The van der Waals surface area contributed by atoms with Crippen molar-refractivity contribution in [1.82, 2.24) is 4.72 Å². The number of nitrogens with two attached hydrogens (primary N) is 1. The van der Waals surface area contributed by atoms with Gasteiger partial charge in [0.25, 0.3) is 0 Å². The standard InChI is InChI=1S/C17H22N2O3S/c1-13-4-3-5-16(12-13)22-15-6-8-17(9-7-15)23(20,21)19-11-10-14(2)18/h3-9,12,14,19H,10-11,18H2,1-2H3. The molecule has 1 atom stereocenters. The van der Waals surface area contributed by atoms with Crippen LogP contribution < -0.4 is 15.2 Å². The molecule has 0 aliphatic rings. The van der Waals surface area contributed by atoms with Crippen molar-refractivity contribution < 1.29 is 13.2 Å². The van der Waals surface area contributed by atoms with Gasteiger partial charge in [-0.25, -0.2) is 13.1 Å². The second-order valence-corrected chi connectivity index (χ2v) is 7.32. The third-order valence-electron chi connectivity index (χ3n) is 3.25. The summed E-state index contributed by atoms with van der Waals surface area (Å²) < 4.78 is 32.5. The van der Waals surface area contributed by atoms with E-state index in [4.69, 9.17) is 10.5 Å². The first kappa shape index (κ1) is 17.5. The maximum Gasteiger partial charge on any atom is 0.240 e. The van der Waals surface area contributed by atoms with E-state index in [0.29, 0.717) is 18.7 Å². The number of hydrogen-bond donors (Lipinski definition) is 2. The average Bonchev–Trinajstić information content (AvgIpc) is 2.47. The van der Waals surface area contributed by atoms with Crippen LogP contribution in [0.1, 0.15) is 18.9 Å². The Morgan fingerprint density at radius 3 is 2.43 bits per heavy atom. The van der Waals surface area contributed by atoms with Crippen molar-refractivity contribution in [3.8, 4) is 11.5 Å². The van der Waals surface area contributed by atoms with Crippen molar-refractivity contribution in [1.29, 1.82) is 0 Å². The van der Waals surface area contributed by atoms with E-state index in [1.165, 1.54) is 12.1 Å². The molecule has 0 aliphatic carbocycles. The lowest BCUT2D eigenvalue weighted by atomic mass is 10.2. The van der Waals surface area contributed by atoms with Crippen molar-refractivity contribution in [3.63, 3.8) is 0 Å². The van der Waals surface area contributed by atoms with Gasteiger partial charge in [0.2, 0.25) is 10.0 Å². The molecule has 23 heavy (non-hydrogen) atoms. The molecule has 2 aromatic carbocycles. The van der Waals surface area contributed by atoms with E-state index in [9.17, 15) is 8.42 Å². The Bertz CT molecular complexity index is 741. The van der Waals surface area contributed by atoms with Gasteiger partial charge >= 0.3 is 0 Å². The zero-order chi connectivity index (χ0) is 16.9. The molecular formula is C17H22N2O3S. The Hall–Kier alpha value is -1.89. The van der Waals surface area contributed by atoms with Crippen LogP contribution in [0.25, 0.3) is 0 Å². The summed E-state index contributed by atoms with van der Waals surface area (Å²) in [4.78, 5) is 0.207. The first-order chi connectivity index (χ1) is 10.9. The Morgan fingerprint density at radius 1 is 1.13 bits per heavy atom. The van der Waals surface area contributed by atoms with Gasteiger partial charge in [-0.15, -0.1) is 0 Å². The number of benzene rings is 2. The van der Waals surface area contributed by atoms with Crippen LogP contribution in [0, 0.1) is 6.92 Å². The lowest BCUT2D eigenvalue weighted by Crippen LogP contribution is -2.29. The van der Waals surface area contributed by atoms with Crippen LogP contribution in [0.15, 0.2) is 53.4 Å². The summed E-state index contributed by atoms with van der Waals surface area (Å²) in [5, 5.41) is 0. The van der Waals surface area contributed by atoms with Gasteiger partial charge in [-0.3, -0.25) is 0 Å². The Morgan fingerprint density at radius 2 is 1.83 bits per heavy atom. The highest BCUT2D eigenvalue weighted by molar-refractivity contribution is 7.89. The van der Waals surface area contributed by atoms with Crippen LogP contribution in [-0.2, 0) is 10.0 Å². The Balaban J connectivity index is 2.04. The molecule has 3 N–H and O–H groups in total. The molecule has 0 amide bonds. The molecule has 0 fully saturated rings. The highest BCUT2D eigenvalue weighted by Gasteiger charge is 2.13. The predicted molar refractivity (Wildman–Crippen MR) is 91.1 cm³/mol. The van der Waals surface area contributed by atoms with Crippen molar-refractivity contribution in [2.45, 2.75) is 31.2 Å².